The van der Waals surface area contributed by atoms with E-state index < -0.39 is 23.6 Å². The summed E-state index contributed by atoms with van der Waals surface area (Å²) >= 11 is 1.40. The number of fused-ring (bicyclic) bond motifs is 1. The molecule has 10 nitrogen and oxygen atoms in total. The molecule has 3 aromatic heterocycles. The SMILES string of the molecule is Cc1noc(C)c1-c1ccc2c(c1)nc([C@@H]1CCCC(=O)N1c1ccc(F)c(F)c1)n2-c1nc(C2=CN=C(C(N)=O)CC2)cs1. The molecular weight excluding hydrogens is 600 g/mol. The number of halogens is 2. The third-order valence-electron chi connectivity index (χ3n) is 8.23. The number of nitrogens with two attached hydrogens (primary N) is 1. The number of carbonyl (C=O) groups is 2. The van der Waals surface area contributed by atoms with E-state index in [-0.39, 0.29) is 18.0 Å². The Bertz CT molecular complexity index is 2060. The number of imidazole rings is 1. The Morgan fingerprint density at radius 2 is 1.91 bits per heavy atom. The van der Waals surface area contributed by atoms with Crippen LogP contribution in [0.2, 0.25) is 0 Å². The van der Waals surface area contributed by atoms with Crippen LogP contribution in [0.15, 0.2) is 57.5 Å². The van der Waals surface area contributed by atoms with Gasteiger partial charge in [0, 0.05) is 35.3 Å². The van der Waals surface area contributed by atoms with Crippen LogP contribution in [0.1, 0.15) is 61.1 Å². The molecule has 7 rings (SSSR count). The first kappa shape index (κ1) is 28.7. The summed E-state index contributed by atoms with van der Waals surface area (Å²) in [4.78, 5) is 40.7. The van der Waals surface area contributed by atoms with Gasteiger partial charge in [-0.25, -0.2) is 18.7 Å². The number of carbonyl (C=O) groups excluding carboxylic acids is 2. The number of amides is 2. The van der Waals surface area contributed by atoms with Crippen molar-refractivity contribution in [3.8, 4) is 16.3 Å². The summed E-state index contributed by atoms with van der Waals surface area (Å²) in [6, 6.07) is 8.78. The number of aliphatic imine (C=N–C) groups is 1. The molecule has 2 aliphatic rings. The minimum Gasteiger partial charge on any atom is -0.365 e. The van der Waals surface area contributed by atoms with E-state index >= 15 is 0 Å². The van der Waals surface area contributed by atoms with Gasteiger partial charge < -0.3 is 15.2 Å². The van der Waals surface area contributed by atoms with Crippen LogP contribution in [0.5, 0.6) is 0 Å². The summed E-state index contributed by atoms with van der Waals surface area (Å²) in [5.74, 6) is -1.54. The van der Waals surface area contributed by atoms with Gasteiger partial charge in [0.2, 0.25) is 5.91 Å². The van der Waals surface area contributed by atoms with Gasteiger partial charge in [-0.05, 0) is 74.9 Å². The number of piperidine rings is 1. The van der Waals surface area contributed by atoms with Gasteiger partial charge in [-0.15, -0.1) is 11.3 Å². The molecule has 45 heavy (non-hydrogen) atoms. The average Bonchev–Trinajstić information content (AvgIpc) is 3.75. The molecule has 2 aliphatic heterocycles. The van der Waals surface area contributed by atoms with Gasteiger partial charge >= 0.3 is 0 Å². The minimum absolute atomic E-state index is 0.206. The number of hydrogen-bond donors (Lipinski definition) is 1. The predicted molar refractivity (Wildman–Crippen MR) is 166 cm³/mol. The highest BCUT2D eigenvalue weighted by atomic mass is 32.1. The van der Waals surface area contributed by atoms with Crippen LogP contribution in [-0.4, -0.2) is 37.2 Å². The number of aromatic nitrogens is 4. The Hall–Kier alpha value is -5.04. The summed E-state index contributed by atoms with van der Waals surface area (Å²) < 4.78 is 35.6. The number of allylic oxidation sites excluding steroid dienone is 1. The number of hydrogen-bond acceptors (Lipinski definition) is 8. The quantitative estimate of drug-likeness (QED) is 0.233. The van der Waals surface area contributed by atoms with Crippen molar-refractivity contribution in [1.29, 1.82) is 0 Å². The molecule has 0 aliphatic carbocycles. The maximum Gasteiger partial charge on any atom is 0.263 e. The molecular formula is C32H27F2N7O3S. The van der Waals surface area contributed by atoms with Crippen molar-refractivity contribution < 1.29 is 22.9 Å². The molecule has 13 heteroatoms. The largest absolute Gasteiger partial charge is 0.365 e. The molecule has 0 bridgehead atoms. The van der Waals surface area contributed by atoms with Crippen molar-refractivity contribution in [2.45, 2.75) is 52.0 Å². The highest BCUT2D eigenvalue weighted by Gasteiger charge is 2.35. The number of nitrogens with zero attached hydrogens (tertiary/aromatic N) is 6. The topological polar surface area (TPSA) is 132 Å². The highest BCUT2D eigenvalue weighted by molar-refractivity contribution is 7.12. The van der Waals surface area contributed by atoms with Crippen molar-refractivity contribution in [3.05, 3.63) is 82.6 Å². The molecule has 2 N–H and O–H groups in total. The standard InChI is InChI=1S/C32H27F2N7O3S/c1-16-29(17(2)44-39-16)18-7-11-26-24(12-18)37-31(27-4-3-5-28(42)40(27)20-8-9-21(33)22(34)13-20)41(26)32-38-25(15-45-32)19-6-10-23(30(35)43)36-14-19/h7-9,11-15,27H,3-6,10H2,1-2H3,(H2,35,43)/t27-/m0/s1. The van der Waals surface area contributed by atoms with E-state index in [0.29, 0.717) is 59.3 Å². The van der Waals surface area contributed by atoms with Gasteiger partial charge in [0.15, 0.2) is 16.8 Å². The first-order valence-electron chi connectivity index (χ1n) is 14.4. The molecule has 0 unspecified atom stereocenters. The van der Waals surface area contributed by atoms with Gasteiger partial charge in [0.1, 0.15) is 17.3 Å². The van der Waals surface area contributed by atoms with E-state index in [4.69, 9.17) is 20.2 Å². The molecule has 0 radical (unpaired) electrons. The predicted octanol–water partition coefficient (Wildman–Crippen LogP) is 6.35. The first-order valence-corrected chi connectivity index (χ1v) is 15.3. The van der Waals surface area contributed by atoms with Crippen molar-refractivity contribution in [3.63, 3.8) is 0 Å². The molecule has 0 saturated carbocycles. The molecule has 1 atom stereocenters. The monoisotopic (exact) mass is 627 g/mol. The van der Waals surface area contributed by atoms with Crippen LogP contribution in [0.25, 0.3) is 32.9 Å². The molecule has 0 spiro atoms. The lowest BCUT2D eigenvalue weighted by atomic mass is 9.99. The molecule has 228 valence electrons. The number of benzene rings is 2. The van der Waals surface area contributed by atoms with Crippen LogP contribution in [0.3, 0.4) is 0 Å². The highest BCUT2D eigenvalue weighted by Crippen LogP contribution is 2.40. The Morgan fingerprint density at radius 3 is 2.62 bits per heavy atom. The Labute approximate surface area is 259 Å². The normalized spacial score (nSPS) is 17.1. The van der Waals surface area contributed by atoms with E-state index in [2.05, 4.69) is 10.1 Å². The van der Waals surface area contributed by atoms with Crippen LogP contribution in [0.4, 0.5) is 14.5 Å². The van der Waals surface area contributed by atoms with E-state index in [1.807, 2.05) is 42.0 Å². The average molecular weight is 628 g/mol. The Kier molecular flexibility index (Phi) is 7.11. The maximum absolute atomic E-state index is 14.4. The smallest absolute Gasteiger partial charge is 0.263 e. The van der Waals surface area contributed by atoms with Crippen LogP contribution >= 0.6 is 11.3 Å². The molecule has 1 fully saturated rings. The number of aryl methyl sites for hydroxylation is 2. The fourth-order valence-electron chi connectivity index (χ4n) is 6.08. The van der Waals surface area contributed by atoms with Gasteiger partial charge in [-0.1, -0.05) is 11.2 Å². The molecule has 1 saturated heterocycles. The van der Waals surface area contributed by atoms with Crippen molar-refractivity contribution >= 4 is 51.2 Å². The third-order valence-corrected chi connectivity index (χ3v) is 9.06. The third kappa shape index (κ3) is 5.02. The fraction of sp³-hybridized carbons (Fsp3) is 0.250. The zero-order valence-electron chi connectivity index (χ0n) is 24.4. The van der Waals surface area contributed by atoms with Crippen LogP contribution in [0, 0.1) is 25.5 Å². The fourth-order valence-corrected chi connectivity index (χ4v) is 6.95. The Balaban J connectivity index is 1.39. The summed E-state index contributed by atoms with van der Waals surface area (Å²) in [6.07, 6.45) is 4.03. The Morgan fingerprint density at radius 1 is 1.07 bits per heavy atom. The number of rotatable bonds is 6. The number of primary amides is 1. The summed E-state index contributed by atoms with van der Waals surface area (Å²) in [7, 11) is 0. The minimum atomic E-state index is -1.03. The number of anilines is 1. The van der Waals surface area contributed by atoms with E-state index in [9.17, 15) is 18.4 Å². The molecule has 5 aromatic rings. The first-order chi connectivity index (χ1) is 21.7. The second-order valence-corrected chi connectivity index (χ2v) is 11.9. The lowest BCUT2D eigenvalue weighted by Crippen LogP contribution is -2.39. The van der Waals surface area contributed by atoms with E-state index in [1.54, 1.807) is 6.20 Å². The molecule has 2 aromatic carbocycles. The lowest BCUT2D eigenvalue weighted by molar-refractivity contribution is -0.120. The number of thiazole rings is 1. The van der Waals surface area contributed by atoms with Crippen molar-refractivity contribution in [2.75, 3.05) is 4.90 Å². The van der Waals surface area contributed by atoms with Gasteiger partial charge in [-0.2, -0.15) is 0 Å². The van der Waals surface area contributed by atoms with Gasteiger partial charge in [0.05, 0.1) is 28.5 Å². The summed E-state index contributed by atoms with van der Waals surface area (Å²) in [5, 5.41) is 6.62. The second-order valence-electron chi connectivity index (χ2n) is 11.1. The lowest BCUT2D eigenvalue weighted by Gasteiger charge is -2.35. The maximum atomic E-state index is 14.4. The zero-order valence-corrected chi connectivity index (χ0v) is 25.2. The van der Waals surface area contributed by atoms with E-state index in [1.165, 1.54) is 22.3 Å². The molecule has 2 amide bonds. The van der Waals surface area contributed by atoms with Gasteiger partial charge in [0.25, 0.3) is 5.91 Å². The summed E-state index contributed by atoms with van der Waals surface area (Å²) in [6.45, 7) is 3.73. The van der Waals surface area contributed by atoms with Gasteiger partial charge in [-0.3, -0.25) is 19.1 Å². The molecule has 5 heterocycles. The zero-order chi connectivity index (χ0) is 31.4. The summed E-state index contributed by atoms with van der Waals surface area (Å²) in [5.41, 5.74) is 11.5. The second kappa shape index (κ2) is 11.1. The van der Waals surface area contributed by atoms with E-state index in [0.717, 1.165) is 40.0 Å². The van der Waals surface area contributed by atoms with Crippen LogP contribution in [-0.2, 0) is 9.59 Å². The van der Waals surface area contributed by atoms with Crippen LogP contribution < -0.4 is 10.6 Å². The van der Waals surface area contributed by atoms with Crippen molar-refractivity contribution in [1.82, 2.24) is 19.7 Å². The van der Waals surface area contributed by atoms with Crippen molar-refractivity contribution in [2.24, 2.45) is 10.7 Å².